The number of methoxy groups -OCH3 is 1. The Bertz CT molecular complexity index is 450. The molecule has 13 heavy (non-hydrogen) atoms. The minimum absolute atomic E-state index is 0.619. The molecule has 0 unspecified atom stereocenters. The van der Waals surface area contributed by atoms with Crippen LogP contribution in [0.5, 0.6) is 5.75 Å². The maximum atomic E-state index is 5.95. The van der Waals surface area contributed by atoms with Crippen molar-refractivity contribution in [1.29, 1.82) is 0 Å². The van der Waals surface area contributed by atoms with Gasteiger partial charge >= 0.3 is 0 Å². The number of ether oxygens (including phenoxy) is 1. The normalized spacial score (nSPS) is 10.7. The zero-order valence-electron chi connectivity index (χ0n) is 6.80. The first-order valence-electron chi connectivity index (χ1n) is 3.63. The van der Waals surface area contributed by atoms with Gasteiger partial charge in [-0.15, -0.1) is 11.3 Å². The largest absolute Gasteiger partial charge is 0.495 e. The summed E-state index contributed by atoms with van der Waals surface area (Å²) in [7, 11) is 1.60. The van der Waals surface area contributed by atoms with Crippen LogP contribution < -0.4 is 4.74 Å². The standard InChI is InChI=1S/C9H6Cl2OS/c1-12-7-2-5-3-9(11)13-8(5)4-6(7)10/h2-4H,1H3. The summed E-state index contributed by atoms with van der Waals surface area (Å²) in [4.78, 5) is 0. The van der Waals surface area contributed by atoms with Crippen LogP contribution in [0.2, 0.25) is 9.36 Å². The lowest BCUT2D eigenvalue weighted by atomic mass is 10.2. The highest BCUT2D eigenvalue weighted by molar-refractivity contribution is 7.22. The Hall–Kier alpha value is -0.440. The highest BCUT2D eigenvalue weighted by Gasteiger charge is 2.05. The summed E-state index contributed by atoms with van der Waals surface area (Å²) >= 11 is 13.3. The Labute approximate surface area is 89.8 Å². The first-order valence-corrected chi connectivity index (χ1v) is 5.20. The quantitative estimate of drug-likeness (QED) is 0.716. The van der Waals surface area contributed by atoms with Crippen LogP contribution in [-0.4, -0.2) is 7.11 Å². The van der Waals surface area contributed by atoms with Gasteiger partial charge in [-0.3, -0.25) is 0 Å². The van der Waals surface area contributed by atoms with Crippen molar-refractivity contribution in [3.05, 3.63) is 27.6 Å². The molecule has 0 atom stereocenters. The van der Waals surface area contributed by atoms with E-state index >= 15 is 0 Å². The second-order valence-corrected chi connectivity index (χ2v) is 4.70. The molecule has 0 aliphatic carbocycles. The average molecular weight is 233 g/mol. The lowest BCUT2D eigenvalue weighted by Gasteiger charge is -2.01. The smallest absolute Gasteiger partial charge is 0.138 e. The molecule has 0 bridgehead atoms. The Morgan fingerprint density at radius 3 is 2.69 bits per heavy atom. The van der Waals surface area contributed by atoms with Crippen LogP contribution in [0.25, 0.3) is 10.1 Å². The molecule has 2 aromatic rings. The van der Waals surface area contributed by atoms with Gasteiger partial charge in [-0.05, 0) is 23.6 Å². The molecule has 0 saturated carbocycles. The number of hydrogen-bond acceptors (Lipinski definition) is 2. The van der Waals surface area contributed by atoms with Crippen LogP contribution in [0, 0.1) is 0 Å². The zero-order chi connectivity index (χ0) is 9.42. The van der Waals surface area contributed by atoms with E-state index in [2.05, 4.69) is 0 Å². The van der Waals surface area contributed by atoms with E-state index in [1.54, 1.807) is 7.11 Å². The van der Waals surface area contributed by atoms with Crippen LogP contribution >= 0.6 is 34.5 Å². The van der Waals surface area contributed by atoms with Gasteiger partial charge in [-0.1, -0.05) is 23.2 Å². The van der Waals surface area contributed by atoms with E-state index in [4.69, 9.17) is 27.9 Å². The van der Waals surface area contributed by atoms with Gasteiger partial charge in [0.1, 0.15) is 5.75 Å². The molecule has 0 aliphatic heterocycles. The monoisotopic (exact) mass is 232 g/mol. The summed E-state index contributed by atoms with van der Waals surface area (Å²) in [5.74, 6) is 0.684. The van der Waals surface area contributed by atoms with E-state index < -0.39 is 0 Å². The summed E-state index contributed by atoms with van der Waals surface area (Å²) in [5.41, 5.74) is 0. The first-order chi connectivity index (χ1) is 6.20. The fourth-order valence-corrected chi connectivity index (χ4v) is 2.65. The fraction of sp³-hybridized carbons (Fsp3) is 0.111. The van der Waals surface area contributed by atoms with E-state index in [-0.39, 0.29) is 0 Å². The van der Waals surface area contributed by atoms with Crippen molar-refractivity contribution in [3.63, 3.8) is 0 Å². The number of fused-ring (bicyclic) bond motifs is 1. The van der Waals surface area contributed by atoms with Crippen molar-refractivity contribution < 1.29 is 4.74 Å². The zero-order valence-corrected chi connectivity index (χ0v) is 9.13. The van der Waals surface area contributed by atoms with Gasteiger partial charge in [0.15, 0.2) is 0 Å². The first kappa shape index (κ1) is 9.13. The van der Waals surface area contributed by atoms with Crippen LogP contribution in [0.1, 0.15) is 0 Å². The van der Waals surface area contributed by atoms with E-state index in [1.165, 1.54) is 11.3 Å². The maximum absolute atomic E-state index is 5.95. The van der Waals surface area contributed by atoms with Gasteiger partial charge in [0.25, 0.3) is 0 Å². The molecule has 0 spiro atoms. The van der Waals surface area contributed by atoms with Gasteiger partial charge in [0.05, 0.1) is 16.5 Å². The second kappa shape index (κ2) is 3.37. The van der Waals surface area contributed by atoms with Crippen molar-refractivity contribution >= 4 is 44.6 Å². The molecule has 2 rings (SSSR count). The Morgan fingerprint density at radius 2 is 2.00 bits per heavy atom. The Kier molecular flexibility index (Phi) is 2.37. The predicted octanol–water partition coefficient (Wildman–Crippen LogP) is 4.22. The van der Waals surface area contributed by atoms with Crippen molar-refractivity contribution in [3.8, 4) is 5.75 Å². The summed E-state index contributed by atoms with van der Waals surface area (Å²) in [6.07, 6.45) is 0. The van der Waals surface area contributed by atoms with Crippen molar-refractivity contribution in [2.75, 3.05) is 7.11 Å². The van der Waals surface area contributed by atoms with Crippen LogP contribution in [0.3, 0.4) is 0 Å². The summed E-state index contributed by atoms with van der Waals surface area (Å²) in [5, 5.41) is 1.68. The van der Waals surface area contributed by atoms with Gasteiger partial charge in [-0.25, -0.2) is 0 Å². The van der Waals surface area contributed by atoms with E-state index in [0.29, 0.717) is 10.8 Å². The highest BCUT2D eigenvalue weighted by Crippen LogP contribution is 2.36. The fourth-order valence-electron chi connectivity index (χ4n) is 1.17. The lowest BCUT2D eigenvalue weighted by Crippen LogP contribution is -1.82. The molecule has 1 aromatic carbocycles. The molecule has 0 amide bonds. The minimum Gasteiger partial charge on any atom is -0.495 e. The number of hydrogen-bond donors (Lipinski definition) is 0. The van der Waals surface area contributed by atoms with Crippen molar-refractivity contribution in [2.24, 2.45) is 0 Å². The Morgan fingerprint density at radius 1 is 1.23 bits per heavy atom. The average Bonchev–Trinajstić information content (AvgIpc) is 2.42. The number of thiophene rings is 1. The Balaban J connectivity index is 2.72. The van der Waals surface area contributed by atoms with Crippen LogP contribution in [0.15, 0.2) is 18.2 Å². The second-order valence-electron chi connectivity index (χ2n) is 2.58. The maximum Gasteiger partial charge on any atom is 0.138 e. The van der Waals surface area contributed by atoms with E-state index in [9.17, 15) is 0 Å². The molecule has 0 aliphatic rings. The molecule has 0 fully saturated rings. The highest BCUT2D eigenvalue weighted by atomic mass is 35.5. The molecule has 0 radical (unpaired) electrons. The van der Waals surface area contributed by atoms with Gasteiger partial charge < -0.3 is 4.74 Å². The SMILES string of the molecule is COc1cc2cc(Cl)sc2cc1Cl. The van der Waals surface area contributed by atoms with Crippen LogP contribution in [-0.2, 0) is 0 Å². The third-order valence-corrected chi connectivity index (χ3v) is 3.28. The molecule has 0 saturated heterocycles. The number of rotatable bonds is 1. The molecule has 1 heterocycles. The molecule has 1 aromatic heterocycles. The summed E-state index contributed by atoms with van der Waals surface area (Å²) in [6, 6.07) is 5.66. The number of halogens is 2. The lowest BCUT2D eigenvalue weighted by molar-refractivity contribution is 0.415. The van der Waals surface area contributed by atoms with Gasteiger partial charge in [0, 0.05) is 4.70 Å². The van der Waals surface area contributed by atoms with Crippen molar-refractivity contribution in [1.82, 2.24) is 0 Å². The van der Waals surface area contributed by atoms with Gasteiger partial charge in [-0.2, -0.15) is 0 Å². The molecule has 1 nitrogen and oxygen atoms in total. The summed E-state index contributed by atoms with van der Waals surface area (Å²) in [6.45, 7) is 0. The minimum atomic E-state index is 0.619. The third kappa shape index (κ3) is 1.62. The topological polar surface area (TPSA) is 9.23 Å². The molecule has 4 heteroatoms. The molecule has 0 N–H and O–H groups in total. The van der Waals surface area contributed by atoms with E-state index in [1.807, 2.05) is 18.2 Å². The molecular weight excluding hydrogens is 227 g/mol. The number of benzene rings is 1. The molecular formula is C9H6Cl2OS. The molecule has 68 valence electrons. The third-order valence-electron chi connectivity index (χ3n) is 1.76. The van der Waals surface area contributed by atoms with Gasteiger partial charge in [0.2, 0.25) is 0 Å². The van der Waals surface area contributed by atoms with Crippen molar-refractivity contribution in [2.45, 2.75) is 0 Å². The summed E-state index contributed by atoms with van der Waals surface area (Å²) < 4.78 is 6.93. The van der Waals surface area contributed by atoms with Crippen LogP contribution in [0.4, 0.5) is 0 Å². The predicted molar refractivity (Wildman–Crippen MR) is 58.4 cm³/mol. The van der Waals surface area contributed by atoms with E-state index in [0.717, 1.165) is 14.4 Å².